The number of ether oxygens (including phenoxy) is 1. The molecular formula is C26H17Cl3N2O4S. The maximum atomic E-state index is 13.5. The lowest BCUT2D eigenvalue weighted by Crippen LogP contribution is -2.29. The average molecular weight is 560 g/mol. The average Bonchev–Trinajstić information content (AvgIpc) is 3.36. The Morgan fingerprint density at radius 1 is 1.06 bits per heavy atom. The van der Waals surface area contributed by atoms with Crippen molar-refractivity contribution in [3.05, 3.63) is 91.9 Å². The third kappa shape index (κ3) is 4.12. The number of fused-ring (bicyclic) bond motifs is 1. The molecule has 1 N–H and O–H groups in total. The number of hydrogen-bond acceptors (Lipinski definition) is 6. The molecule has 182 valence electrons. The minimum Gasteiger partial charge on any atom is -0.507 e. The van der Waals surface area contributed by atoms with Gasteiger partial charge in [0, 0.05) is 10.0 Å². The SMILES string of the molecule is COc1c(Cl)cc(Cl)cc1/C(O)=C1\C(=O)C(=O)N(c2nc3ccc(Cl)cc3s2)C1c1cccc(C)c1. The van der Waals surface area contributed by atoms with E-state index in [4.69, 9.17) is 39.5 Å². The molecule has 0 radical (unpaired) electrons. The smallest absolute Gasteiger partial charge is 0.301 e. The number of aliphatic hydroxyl groups excluding tert-OH is 1. The summed E-state index contributed by atoms with van der Waals surface area (Å²) in [5.74, 6) is -2.01. The van der Waals surface area contributed by atoms with Gasteiger partial charge in [0.2, 0.25) is 0 Å². The normalized spacial score (nSPS) is 17.2. The Kier molecular flexibility index (Phi) is 6.43. The number of amides is 1. The van der Waals surface area contributed by atoms with Crippen molar-refractivity contribution in [1.82, 2.24) is 4.98 Å². The summed E-state index contributed by atoms with van der Waals surface area (Å²) in [6.45, 7) is 1.90. The maximum Gasteiger partial charge on any atom is 0.301 e. The second-order valence-corrected chi connectivity index (χ2v) is 10.4. The molecule has 1 saturated heterocycles. The second kappa shape index (κ2) is 9.41. The molecular weight excluding hydrogens is 543 g/mol. The zero-order chi connectivity index (χ0) is 25.7. The molecule has 3 aromatic carbocycles. The summed E-state index contributed by atoms with van der Waals surface area (Å²) >= 11 is 19.8. The highest BCUT2D eigenvalue weighted by Crippen LogP contribution is 2.46. The summed E-state index contributed by atoms with van der Waals surface area (Å²) in [4.78, 5) is 32.8. The first-order valence-corrected chi connectivity index (χ1v) is 12.6. The summed E-state index contributed by atoms with van der Waals surface area (Å²) in [6.07, 6.45) is 0. The Morgan fingerprint density at radius 2 is 1.83 bits per heavy atom. The van der Waals surface area contributed by atoms with Gasteiger partial charge in [0.15, 0.2) is 5.13 Å². The number of halogens is 3. The first-order valence-electron chi connectivity index (χ1n) is 10.7. The molecule has 5 rings (SSSR count). The van der Waals surface area contributed by atoms with Crippen molar-refractivity contribution in [2.75, 3.05) is 12.0 Å². The molecule has 0 bridgehead atoms. The number of anilines is 1. The molecule has 2 heterocycles. The monoisotopic (exact) mass is 558 g/mol. The van der Waals surface area contributed by atoms with Gasteiger partial charge >= 0.3 is 5.91 Å². The first-order chi connectivity index (χ1) is 17.2. The van der Waals surface area contributed by atoms with Crippen LogP contribution in [0.4, 0.5) is 5.13 Å². The third-order valence-corrected chi connectivity index (χ3v) is 7.57. The molecule has 4 aromatic rings. The largest absolute Gasteiger partial charge is 0.507 e. The quantitative estimate of drug-likeness (QED) is 0.162. The van der Waals surface area contributed by atoms with Crippen molar-refractivity contribution in [3.8, 4) is 5.75 Å². The van der Waals surface area contributed by atoms with E-state index in [0.717, 1.165) is 10.3 Å². The number of Topliss-reactive ketones (excluding diaryl/α,β-unsaturated/α-hetero) is 1. The topological polar surface area (TPSA) is 79.7 Å². The van der Waals surface area contributed by atoms with Crippen molar-refractivity contribution < 1.29 is 19.4 Å². The first kappa shape index (κ1) is 24.6. The Bertz CT molecular complexity index is 1600. The summed E-state index contributed by atoms with van der Waals surface area (Å²) in [5.41, 5.74) is 2.14. The number of aryl methyl sites for hydroxylation is 1. The zero-order valence-corrected chi connectivity index (χ0v) is 22.0. The lowest BCUT2D eigenvalue weighted by Gasteiger charge is -2.23. The number of nitrogens with zero attached hydrogens (tertiary/aromatic N) is 2. The van der Waals surface area contributed by atoms with Gasteiger partial charge in [-0.15, -0.1) is 0 Å². The highest BCUT2D eigenvalue weighted by atomic mass is 35.5. The molecule has 0 saturated carbocycles. The van der Waals surface area contributed by atoms with Gasteiger partial charge in [-0.1, -0.05) is 76.0 Å². The van der Waals surface area contributed by atoms with E-state index in [0.29, 0.717) is 21.2 Å². The number of aliphatic hydroxyl groups is 1. The van der Waals surface area contributed by atoms with Crippen LogP contribution >= 0.6 is 46.1 Å². The van der Waals surface area contributed by atoms with Crippen molar-refractivity contribution in [2.45, 2.75) is 13.0 Å². The highest BCUT2D eigenvalue weighted by Gasteiger charge is 2.48. The molecule has 1 amide bonds. The maximum absolute atomic E-state index is 13.5. The molecule has 1 aromatic heterocycles. The van der Waals surface area contributed by atoms with Gasteiger partial charge in [-0.25, -0.2) is 4.98 Å². The Hall–Kier alpha value is -3.10. The predicted molar refractivity (Wildman–Crippen MR) is 144 cm³/mol. The molecule has 0 aliphatic carbocycles. The summed E-state index contributed by atoms with van der Waals surface area (Å²) < 4.78 is 6.13. The molecule has 1 aliphatic rings. The van der Waals surface area contributed by atoms with Gasteiger partial charge in [0.05, 0.1) is 39.5 Å². The van der Waals surface area contributed by atoms with Gasteiger partial charge in [0.25, 0.3) is 5.78 Å². The van der Waals surface area contributed by atoms with E-state index >= 15 is 0 Å². The van der Waals surface area contributed by atoms with Crippen molar-refractivity contribution in [2.24, 2.45) is 0 Å². The zero-order valence-electron chi connectivity index (χ0n) is 18.9. The van der Waals surface area contributed by atoms with E-state index in [1.54, 1.807) is 24.3 Å². The fraction of sp³-hybridized carbons (Fsp3) is 0.115. The van der Waals surface area contributed by atoms with E-state index in [-0.39, 0.29) is 26.9 Å². The van der Waals surface area contributed by atoms with E-state index in [1.165, 1.54) is 35.5 Å². The molecule has 6 nitrogen and oxygen atoms in total. The number of benzene rings is 3. The Morgan fingerprint density at radius 3 is 2.56 bits per heavy atom. The molecule has 1 fully saturated rings. The van der Waals surface area contributed by atoms with Gasteiger partial charge in [0.1, 0.15) is 11.5 Å². The number of aromatic nitrogens is 1. The van der Waals surface area contributed by atoms with Gasteiger partial charge in [-0.3, -0.25) is 14.5 Å². The number of carbonyl (C=O) groups excluding carboxylic acids is 2. The fourth-order valence-electron chi connectivity index (χ4n) is 4.26. The van der Waals surface area contributed by atoms with E-state index in [1.807, 2.05) is 25.1 Å². The van der Waals surface area contributed by atoms with Crippen LogP contribution in [0, 0.1) is 6.92 Å². The molecule has 0 spiro atoms. The molecule has 1 unspecified atom stereocenters. The van der Waals surface area contributed by atoms with E-state index in [2.05, 4.69) is 4.98 Å². The number of rotatable bonds is 4. The fourth-order valence-corrected chi connectivity index (χ4v) is 6.10. The van der Waals surface area contributed by atoms with Crippen molar-refractivity contribution >= 4 is 78.9 Å². The Balaban J connectivity index is 1.78. The van der Waals surface area contributed by atoms with Crippen LogP contribution in [-0.2, 0) is 9.59 Å². The van der Waals surface area contributed by atoms with Crippen LogP contribution in [0.2, 0.25) is 15.1 Å². The van der Waals surface area contributed by atoms with Gasteiger partial charge in [-0.05, 0) is 42.8 Å². The molecule has 1 aliphatic heterocycles. The lowest BCUT2D eigenvalue weighted by molar-refractivity contribution is -0.132. The van der Waals surface area contributed by atoms with Crippen molar-refractivity contribution in [3.63, 3.8) is 0 Å². The van der Waals surface area contributed by atoms with Crippen LogP contribution in [0.1, 0.15) is 22.7 Å². The number of ketones is 1. The van der Waals surface area contributed by atoms with Crippen LogP contribution in [0.25, 0.3) is 16.0 Å². The van der Waals surface area contributed by atoms with Gasteiger partial charge in [-0.2, -0.15) is 0 Å². The summed E-state index contributed by atoms with van der Waals surface area (Å²) in [6, 6.07) is 14.5. The number of thiazole rings is 1. The minimum absolute atomic E-state index is 0.0988. The van der Waals surface area contributed by atoms with E-state index in [9.17, 15) is 14.7 Å². The van der Waals surface area contributed by atoms with Crippen LogP contribution in [-0.4, -0.2) is 28.9 Å². The Labute approximate surface area is 225 Å². The van der Waals surface area contributed by atoms with Crippen LogP contribution in [0.15, 0.2) is 60.2 Å². The number of carbonyl (C=O) groups is 2. The standard InChI is InChI=1S/C26H17Cl3N2O4S/c1-12-4-3-5-13(8-12)21-20(22(32)16-9-15(28)10-17(29)24(16)35-2)23(33)25(34)31(21)26-30-18-7-6-14(27)11-19(18)36-26/h3-11,21,32H,1-2H3/b22-20+. The third-order valence-electron chi connectivity index (χ3n) is 5.82. The van der Waals surface area contributed by atoms with Crippen LogP contribution in [0.3, 0.4) is 0 Å². The molecule has 10 heteroatoms. The van der Waals surface area contributed by atoms with Crippen LogP contribution in [0.5, 0.6) is 5.75 Å². The number of hydrogen-bond donors (Lipinski definition) is 1. The predicted octanol–water partition coefficient (Wildman–Crippen LogP) is 7.20. The van der Waals surface area contributed by atoms with Crippen molar-refractivity contribution in [1.29, 1.82) is 0 Å². The van der Waals surface area contributed by atoms with Gasteiger partial charge < -0.3 is 9.84 Å². The molecule has 36 heavy (non-hydrogen) atoms. The summed E-state index contributed by atoms with van der Waals surface area (Å²) in [7, 11) is 1.38. The number of methoxy groups -OCH3 is 1. The highest BCUT2D eigenvalue weighted by molar-refractivity contribution is 7.22. The lowest BCUT2D eigenvalue weighted by atomic mass is 9.94. The second-order valence-electron chi connectivity index (χ2n) is 8.16. The summed E-state index contributed by atoms with van der Waals surface area (Å²) in [5, 5.41) is 12.7. The van der Waals surface area contributed by atoms with E-state index < -0.39 is 23.5 Å². The van der Waals surface area contributed by atoms with Crippen LogP contribution < -0.4 is 9.64 Å². The molecule has 1 atom stereocenters. The minimum atomic E-state index is -0.955.